The number of rotatable bonds is 4. The van der Waals surface area contributed by atoms with E-state index in [0.29, 0.717) is 16.9 Å². The van der Waals surface area contributed by atoms with Crippen LogP contribution in [-0.2, 0) is 7.05 Å². The molecule has 39 heavy (non-hydrogen) atoms. The fourth-order valence-corrected chi connectivity index (χ4v) is 5.61. The molecular formula is C31H27N7O. The summed E-state index contributed by atoms with van der Waals surface area (Å²) < 4.78 is 1.62. The molecule has 0 spiro atoms. The summed E-state index contributed by atoms with van der Waals surface area (Å²) in [5, 5.41) is 10.8. The van der Waals surface area contributed by atoms with E-state index in [0.717, 1.165) is 58.2 Å². The molecule has 0 saturated carbocycles. The van der Waals surface area contributed by atoms with E-state index in [1.54, 1.807) is 11.6 Å². The summed E-state index contributed by atoms with van der Waals surface area (Å²) in [7, 11) is 1.77. The number of hydrogen-bond acceptors (Lipinski definition) is 7. The zero-order valence-electron chi connectivity index (χ0n) is 21.8. The van der Waals surface area contributed by atoms with Crippen LogP contribution in [0, 0.1) is 18.3 Å². The molecule has 0 radical (unpaired) electrons. The normalized spacial score (nSPS) is 15.0. The van der Waals surface area contributed by atoms with Crippen LogP contribution in [0.3, 0.4) is 0 Å². The number of fused-ring (bicyclic) bond motifs is 1. The highest BCUT2D eigenvalue weighted by Crippen LogP contribution is 2.42. The standard InChI is InChI=1S/C31H27N7O/c1-19-14-22(17-37(2)31(19)39)23-11-6-10-21-15-24(27(36-28(21)23)20-8-4-3-5-9-20)26-12-7-13-38(26)30-25(16-32)29(33)34-18-35-30/h3-6,8-11,14-15,17-18,26H,7,12-13H2,1-2H3,(H2,33,34,35). The maximum absolute atomic E-state index is 12.4. The van der Waals surface area contributed by atoms with Crippen molar-refractivity contribution in [3.05, 3.63) is 100 Å². The second kappa shape index (κ2) is 9.69. The molecule has 1 unspecified atom stereocenters. The summed E-state index contributed by atoms with van der Waals surface area (Å²) in [6.45, 7) is 2.58. The molecule has 2 N–H and O–H groups in total. The third-order valence-corrected chi connectivity index (χ3v) is 7.45. The van der Waals surface area contributed by atoms with Crippen LogP contribution in [0.5, 0.6) is 0 Å². The first-order chi connectivity index (χ1) is 19.0. The van der Waals surface area contributed by atoms with Gasteiger partial charge in [0.15, 0.2) is 5.82 Å². The van der Waals surface area contributed by atoms with E-state index in [4.69, 9.17) is 10.7 Å². The van der Waals surface area contributed by atoms with Crippen LogP contribution in [0.15, 0.2) is 78.0 Å². The summed E-state index contributed by atoms with van der Waals surface area (Å²) >= 11 is 0. The van der Waals surface area contributed by atoms with Crippen LogP contribution in [0.2, 0.25) is 0 Å². The van der Waals surface area contributed by atoms with E-state index in [-0.39, 0.29) is 17.4 Å². The van der Waals surface area contributed by atoms with E-state index in [1.165, 1.54) is 6.33 Å². The zero-order chi connectivity index (χ0) is 27.1. The monoisotopic (exact) mass is 513 g/mol. The van der Waals surface area contributed by atoms with Gasteiger partial charge in [0.25, 0.3) is 5.56 Å². The van der Waals surface area contributed by atoms with E-state index >= 15 is 0 Å². The van der Waals surface area contributed by atoms with Crippen molar-refractivity contribution in [1.82, 2.24) is 19.5 Å². The molecule has 1 saturated heterocycles. The topological polar surface area (TPSA) is 114 Å². The highest BCUT2D eigenvalue weighted by atomic mass is 16.1. The maximum atomic E-state index is 12.4. The van der Waals surface area contributed by atoms with Gasteiger partial charge in [0.05, 0.1) is 17.3 Å². The summed E-state index contributed by atoms with van der Waals surface area (Å²) in [6, 6.07) is 22.6. The van der Waals surface area contributed by atoms with Gasteiger partial charge in [0.2, 0.25) is 0 Å². The van der Waals surface area contributed by atoms with Crippen molar-refractivity contribution >= 4 is 22.5 Å². The van der Waals surface area contributed by atoms with E-state index in [9.17, 15) is 10.1 Å². The van der Waals surface area contributed by atoms with Gasteiger partial charge in [-0.2, -0.15) is 5.26 Å². The Hall–Kier alpha value is -5.03. The van der Waals surface area contributed by atoms with Crippen LogP contribution >= 0.6 is 0 Å². The lowest BCUT2D eigenvalue weighted by atomic mass is 9.94. The Bertz CT molecular complexity index is 1800. The molecule has 1 atom stereocenters. The molecule has 2 aromatic carbocycles. The zero-order valence-corrected chi connectivity index (χ0v) is 21.8. The van der Waals surface area contributed by atoms with Gasteiger partial charge in [0.1, 0.15) is 23.8 Å². The summed E-state index contributed by atoms with van der Waals surface area (Å²) in [6.07, 6.45) is 5.12. The highest BCUT2D eigenvalue weighted by Gasteiger charge is 2.32. The predicted octanol–water partition coefficient (Wildman–Crippen LogP) is 5.16. The van der Waals surface area contributed by atoms with Crippen molar-refractivity contribution in [2.45, 2.75) is 25.8 Å². The van der Waals surface area contributed by atoms with Crippen LogP contribution in [0.4, 0.5) is 11.6 Å². The van der Waals surface area contributed by atoms with Crippen LogP contribution < -0.4 is 16.2 Å². The summed E-state index contributed by atoms with van der Waals surface area (Å²) in [5.41, 5.74) is 12.8. The van der Waals surface area contributed by atoms with E-state index in [1.807, 2.05) is 49.5 Å². The number of aryl methyl sites for hydroxylation is 2. The molecule has 1 aliphatic heterocycles. The fraction of sp³-hybridized carbons (Fsp3) is 0.194. The average Bonchev–Trinajstić information content (AvgIpc) is 3.44. The Morgan fingerprint density at radius 2 is 1.87 bits per heavy atom. The number of nitrogens with zero attached hydrogens (tertiary/aromatic N) is 6. The summed E-state index contributed by atoms with van der Waals surface area (Å²) in [5.74, 6) is 0.742. The third-order valence-electron chi connectivity index (χ3n) is 7.45. The molecule has 3 aromatic heterocycles. The predicted molar refractivity (Wildman–Crippen MR) is 153 cm³/mol. The number of nitriles is 1. The number of nitrogens with two attached hydrogens (primary N) is 1. The SMILES string of the molecule is Cc1cc(-c2cccc3cc(C4CCCN4c4ncnc(N)c4C#N)c(-c4ccccc4)nc23)cn(C)c1=O. The minimum Gasteiger partial charge on any atom is -0.382 e. The van der Waals surface area contributed by atoms with Crippen molar-refractivity contribution in [1.29, 1.82) is 5.26 Å². The molecule has 8 heteroatoms. The first-order valence-electron chi connectivity index (χ1n) is 12.9. The lowest BCUT2D eigenvalue weighted by Gasteiger charge is -2.28. The summed E-state index contributed by atoms with van der Waals surface area (Å²) in [4.78, 5) is 28.3. The van der Waals surface area contributed by atoms with Gasteiger partial charge < -0.3 is 15.2 Å². The van der Waals surface area contributed by atoms with Gasteiger partial charge in [0, 0.05) is 53.0 Å². The molecule has 0 aliphatic carbocycles. The number of hydrogen-bond donors (Lipinski definition) is 1. The average molecular weight is 514 g/mol. The van der Waals surface area contributed by atoms with Gasteiger partial charge in [-0.1, -0.05) is 48.5 Å². The van der Waals surface area contributed by atoms with Gasteiger partial charge in [-0.15, -0.1) is 0 Å². The molecule has 0 amide bonds. The highest BCUT2D eigenvalue weighted by molar-refractivity contribution is 5.95. The molecule has 1 aliphatic rings. The lowest BCUT2D eigenvalue weighted by molar-refractivity contribution is 0.710. The molecule has 192 valence electrons. The Morgan fingerprint density at radius 1 is 1.05 bits per heavy atom. The van der Waals surface area contributed by atoms with E-state index in [2.05, 4.69) is 45.2 Å². The second-order valence-electron chi connectivity index (χ2n) is 9.92. The largest absolute Gasteiger partial charge is 0.382 e. The molecule has 4 heterocycles. The number of benzene rings is 2. The maximum Gasteiger partial charge on any atom is 0.253 e. The number of anilines is 2. The number of pyridine rings is 2. The Morgan fingerprint density at radius 3 is 2.64 bits per heavy atom. The Kier molecular flexibility index (Phi) is 6.04. The minimum absolute atomic E-state index is 0.0115. The number of aromatic nitrogens is 4. The van der Waals surface area contributed by atoms with Gasteiger partial charge in [-0.05, 0) is 31.9 Å². The molecular weight excluding hydrogens is 486 g/mol. The first kappa shape index (κ1) is 24.3. The van der Waals surface area contributed by atoms with E-state index < -0.39 is 0 Å². The third kappa shape index (κ3) is 4.18. The van der Waals surface area contributed by atoms with Crippen LogP contribution in [-0.4, -0.2) is 26.1 Å². The number of para-hydroxylation sites is 1. The lowest BCUT2D eigenvalue weighted by Crippen LogP contribution is -2.26. The minimum atomic E-state index is -0.0399. The van der Waals surface area contributed by atoms with Gasteiger partial charge >= 0.3 is 0 Å². The van der Waals surface area contributed by atoms with Crippen molar-refractivity contribution in [3.8, 4) is 28.5 Å². The van der Waals surface area contributed by atoms with Gasteiger partial charge in [-0.25, -0.2) is 15.0 Å². The Balaban J connectivity index is 1.58. The van der Waals surface area contributed by atoms with Gasteiger partial charge in [-0.3, -0.25) is 4.79 Å². The molecule has 5 aromatic rings. The number of nitrogen functional groups attached to an aromatic ring is 1. The molecule has 6 rings (SSSR count). The van der Waals surface area contributed by atoms with Crippen molar-refractivity contribution in [2.24, 2.45) is 7.05 Å². The quantitative estimate of drug-likeness (QED) is 0.353. The smallest absolute Gasteiger partial charge is 0.253 e. The fourth-order valence-electron chi connectivity index (χ4n) is 5.61. The molecule has 0 bridgehead atoms. The van der Waals surface area contributed by atoms with Crippen molar-refractivity contribution in [2.75, 3.05) is 17.2 Å². The Labute approximate surface area is 226 Å². The first-order valence-corrected chi connectivity index (χ1v) is 12.9. The van der Waals surface area contributed by atoms with Crippen molar-refractivity contribution in [3.63, 3.8) is 0 Å². The van der Waals surface area contributed by atoms with Crippen LogP contribution in [0.25, 0.3) is 33.3 Å². The molecule has 8 nitrogen and oxygen atoms in total. The molecule has 1 fully saturated rings. The van der Waals surface area contributed by atoms with Crippen molar-refractivity contribution < 1.29 is 0 Å². The second-order valence-corrected chi connectivity index (χ2v) is 9.92. The van der Waals surface area contributed by atoms with Crippen LogP contribution in [0.1, 0.15) is 35.6 Å².